The highest BCUT2D eigenvalue weighted by molar-refractivity contribution is 6.24. The maximum Gasteiger partial charge on any atom is 0.183 e. The van der Waals surface area contributed by atoms with Crippen LogP contribution >= 0.6 is 0 Å². The molecule has 2 N–H and O–H groups in total. The Kier molecular flexibility index (Phi) is 7.60. The molecule has 0 radical (unpaired) electrons. The van der Waals surface area contributed by atoms with Crippen molar-refractivity contribution in [1.82, 2.24) is 0 Å². The van der Waals surface area contributed by atoms with Gasteiger partial charge < -0.3 is 14.9 Å². The van der Waals surface area contributed by atoms with Crippen LogP contribution < -0.4 is 4.74 Å². The van der Waals surface area contributed by atoms with Crippen molar-refractivity contribution < 1.29 is 28.9 Å². The van der Waals surface area contributed by atoms with Crippen LogP contribution in [0.2, 0.25) is 0 Å². The first kappa shape index (κ1) is 25.2. The van der Waals surface area contributed by atoms with Crippen LogP contribution in [0.4, 0.5) is 4.39 Å². The molecule has 5 nitrogen and oxygen atoms in total. The standard InChI is InChI=1S/C28H31FO5/c1-5-22-25(31)24(27(33)28(6-2,7-3)26(22)32)23(30)15-9-18-8-12-21(16-17(18)4)34-20-13-10-19(29)11-14-20/h8,10-14,16,31-32H,5-7,9,15H2,1-4H3. The summed E-state index contributed by atoms with van der Waals surface area (Å²) in [6, 6.07) is 11.2. The molecule has 0 fully saturated rings. The maximum absolute atomic E-state index is 13.3. The number of aryl methyl sites for hydroxylation is 2. The van der Waals surface area contributed by atoms with Crippen LogP contribution in [0.3, 0.4) is 0 Å². The first-order valence-electron chi connectivity index (χ1n) is 11.7. The van der Waals surface area contributed by atoms with Crippen LogP contribution in [0.25, 0.3) is 0 Å². The van der Waals surface area contributed by atoms with E-state index in [2.05, 4.69) is 0 Å². The second kappa shape index (κ2) is 10.2. The highest BCUT2D eigenvalue weighted by Gasteiger charge is 2.48. The lowest BCUT2D eigenvalue weighted by atomic mass is 9.68. The third-order valence-electron chi connectivity index (χ3n) is 6.75. The van der Waals surface area contributed by atoms with E-state index in [9.17, 15) is 24.2 Å². The van der Waals surface area contributed by atoms with E-state index >= 15 is 0 Å². The zero-order chi connectivity index (χ0) is 25.0. The number of halogens is 1. The summed E-state index contributed by atoms with van der Waals surface area (Å²) in [5, 5.41) is 21.4. The van der Waals surface area contributed by atoms with Crippen molar-refractivity contribution in [3.8, 4) is 11.5 Å². The molecule has 0 saturated carbocycles. The maximum atomic E-state index is 13.3. The zero-order valence-electron chi connectivity index (χ0n) is 20.1. The highest BCUT2D eigenvalue weighted by atomic mass is 19.1. The Morgan fingerprint density at radius 3 is 2.18 bits per heavy atom. The second-order valence-electron chi connectivity index (χ2n) is 8.59. The molecule has 1 aliphatic carbocycles. The lowest BCUT2D eigenvalue weighted by Gasteiger charge is -2.35. The minimum absolute atomic E-state index is 0.0470. The van der Waals surface area contributed by atoms with Crippen molar-refractivity contribution in [2.75, 3.05) is 0 Å². The highest BCUT2D eigenvalue weighted by Crippen LogP contribution is 2.45. The number of hydrogen-bond donors (Lipinski definition) is 2. The van der Waals surface area contributed by atoms with Crippen molar-refractivity contribution in [2.24, 2.45) is 5.41 Å². The molecule has 3 rings (SSSR count). The Bertz CT molecular complexity index is 1150. The molecule has 0 spiro atoms. The largest absolute Gasteiger partial charge is 0.511 e. The number of carbonyl (C=O) groups is 2. The summed E-state index contributed by atoms with van der Waals surface area (Å²) >= 11 is 0. The number of allylic oxidation sites excluding steroid dienone is 3. The monoisotopic (exact) mass is 466 g/mol. The van der Waals surface area contributed by atoms with Crippen LogP contribution in [0, 0.1) is 18.2 Å². The van der Waals surface area contributed by atoms with Gasteiger partial charge in [0.15, 0.2) is 11.6 Å². The molecule has 0 aromatic heterocycles. The number of aliphatic hydroxyl groups is 2. The predicted octanol–water partition coefficient (Wildman–Crippen LogP) is 6.85. The minimum atomic E-state index is -1.17. The van der Waals surface area contributed by atoms with Gasteiger partial charge in [-0.3, -0.25) is 9.59 Å². The van der Waals surface area contributed by atoms with Crippen LogP contribution in [-0.4, -0.2) is 21.8 Å². The van der Waals surface area contributed by atoms with Gasteiger partial charge in [-0.15, -0.1) is 0 Å². The summed E-state index contributed by atoms with van der Waals surface area (Å²) in [6.45, 7) is 7.27. The Hall–Kier alpha value is -3.41. The summed E-state index contributed by atoms with van der Waals surface area (Å²) in [4.78, 5) is 26.4. The summed E-state index contributed by atoms with van der Waals surface area (Å²) in [5.74, 6) is -0.689. The summed E-state index contributed by atoms with van der Waals surface area (Å²) in [7, 11) is 0. The molecule has 0 unspecified atom stereocenters. The van der Waals surface area contributed by atoms with E-state index in [-0.39, 0.29) is 29.1 Å². The molecule has 34 heavy (non-hydrogen) atoms. The Morgan fingerprint density at radius 2 is 1.62 bits per heavy atom. The van der Waals surface area contributed by atoms with Gasteiger partial charge in [-0.2, -0.15) is 0 Å². The first-order chi connectivity index (χ1) is 16.2. The topological polar surface area (TPSA) is 83.8 Å². The minimum Gasteiger partial charge on any atom is -0.511 e. The van der Waals surface area contributed by atoms with Crippen LogP contribution in [0.15, 0.2) is 65.1 Å². The van der Waals surface area contributed by atoms with Crippen LogP contribution in [0.1, 0.15) is 57.6 Å². The van der Waals surface area contributed by atoms with Gasteiger partial charge in [-0.1, -0.05) is 26.8 Å². The van der Waals surface area contributed by atoms with Crippen molar-refractivity contribution in [3.63, 3.8) is 0 Å². The van der Waals surface area contributed by atoms with E-state index in [0.717, 1.165) is 11.1 Å². The van der Waals surface area contributed by atoms with Crippen molar-refractivity contribution in [2.45, 2.75) is 59.8 Å². The summed E-state index contributed by atoms with van der Waals surface area (Å²) in [5.41, 5.74) is 0.716. The smallest absolute Gasteiger partial charge is 0.183 e. The van der Waals surface area contributed by atoms with Crippen LogP contribution in [-0.2, 0) is 16.0 Å². The molecule has 0 bridgehead atoms. The molecule has 6 heteroatoms. The summed E-state index contributed by atoms with van der Waals surface area (Å²) < 4.78 is 18.8. The van der Waals surface area contributed by atoms with Gasteiger partial charge in [0.2, 0.25) is 0 Å². The van der Waals surface area contributed by atoms with E-state index in [4.69, 9.17) is 4.74 Å². The van der Waals surface area contributed by atoms with Gasteiger partial charge in [-0.05, 0) is 80.1 Å². The Morgan fingerprint density at radius 1 is 1.00 bits per heavy atom. The second-order valence-corrected chi connectivity index (χ2v) is 8.59. The molecular weight excluding hydrogens is 435 g/mol. The van der Waals surface area contributed by atoms with E-state index in [1.165, 1.54) is 12.1 Å². The van der Waals surface area contributed by atoms with E-state index in [1.54, 1.807) is 39.0 Å². The predicted molar refractivity (Wildman–Crippen MR) is 129 cm³/mol. The molecule has 0 atom stereocenters. The van der Waals surface area contributed by atoms with Gasteiger partial charge in [0, 0.05) is 12.0 Å². The van der Waals surface area contributed by atoms with Crippen molar-refractivity contribution in [3.05, 3.63) is 82.1 Å². The average Bonchev–Trinajstić information content (AvgIpc) is 2.81. The number of ketones is 2. The average molecular weight is 467 g/mol. The number of benzene rings is 2. The number of rotatable bonds is 9. The van der Waals surface area contributed by atoms with Crippen molar-refractivity contribution in [1.29, 1.82) is 0 Å². The van der Waals surface area contributed by atoms with Crippen LogP contribution in [0.5, 0.6) is 11.5 Å². The number of carbonyl (C=O) groups excluding carboxylic acids is 2. The molecule has 1 aliphatic rings. The van der Waals surface area contributed by atoms with Gasteiger partial charge in [0.25, 0.3) is 0 Å². The SMILES string of the molecule is CCC1=C(O)C(CC)(CC)C(=O)C(C(=O)CCc2ccc(Oc3ccc(F)cc3)cc2C)=C1O. The third-order valence-corrected chi connectivity index (χ3v) is 6.75. The molecule has 2 aromatic carbocycles. The number of ether oxygens (including phenoxy) is 1. The van der Waals surface area contributed by atoms with E-state index in [0.29, 0.717) is 37.2 Å². The Labute approximate surface area is 199 Å². The fraction of sp³-hybridized carbons (Fsp3) is 0.357. The molecular formula is C28H31FO5. The number of hydrogen-bond acceptors (Lipinski definition) is 5. The normalized spacial score (nSPS) is 15.6. The lowest BCUT2D eigenvalue weighted by Crippen LogP contribution is -2.40. The third kappa shape index (κ3) is 4.63. The fourth-order valence-electron chi connectivity index (χ4n) is 4.53. The van der Waals surface area contributed by atoms with E-state index < -0.39 is 22.7 Å². The quantitative estimate of drug-likeness (QED) is 0.395. The van der Waals surface area contributed by atoms with Gasteiger partial charge >= 0.3 is 0 Å². The molecule has 2 aromatic rings. The van der Waals surface area contributed by atoms with Gasteiger partial charge in [0.05, 0.1) is 5.41 Å². The molecule has 0 saturated heterocycles. The molecule has 0 amide bonds. The zero-order valence-corrected chi connectivity index (χ0v) is 20.1. The van der Waals surface area contributed by atoms with Crippen molar-refractivity contribution >= 4 is 11.6 Å². The summed E-state index contributed by atoms with van der Waals surface area (Å²) in [6.07, 6.45) is 1.43. The molecule has 0 aliphatic heterocycles. The number of aliphatic hydroxyl groups excluding tert-OH is 2. The Balaban J connectivity index is 1.78. The van der Waals surface area contributed by atoms with Gasteiger partial charge in [0.1, 0.15) is 34.4 Å². The van der Waals surface area contributed by atoms with Gasteiger partial charge in [-0.25, -0.2) is 4.39 Å². The van der Waals surface area contributed by atoms with E-state index in [1.807, 2.05) is 19.1 Å². The lowest BCUT2D eigenvalue weighted by molar-refractivity contribution is -0.128. The number of Topliss-reactive ketones (excluding diaryl/α,β-unsaturated/α-hetero) is 2. The molecule has 180 valence electrons. The fourth-order valence-corrected chi connectivity index (χ4v) is 4.53. The first-order valence-corrected chi connectivity index (χ1v) is 11.7. The molecule has 0 heterocycles.